The van der Waals surface area contributed by atoms with Crippen LogP contribution in [-0.4, -0.2) is 17.9 Å². The maximum absolute atomic E-state index is 12.2. The van der Waals surface area contributed by atoms with Gasteiger partial charge in [-0.25, -0.2) is 0 Å². The molecule has 0 radical (unpaired) electrons. The van der Waals surface area contributed by atoms with Gasteiger partial charge >= 0.3 is 0 Å². The van der Waals surface area contributed by atoms with Crippen LogP contribution >= 0.6 is 23.2 Å². The largest absolute Gasteiger partial charge is 0.341 e. The molecular weight excluding hydrogens is 331 g/mol. The number of nitriles is 1. The van der Waals surface area contributed by atoms with Gasteiger partial charge in [0.1, 0.15) is 0 Å². The minimum atomic E-state index is 0.0420. The van der Waals surface area contributed by atoms with E-state index in [1.54, 1.807) is 36.2 Å². The molecule has 0 saturated carbocycles. The molecule has 1 amide bonds. The van der Waals surface area contributed by atoms with E-state index in [9.17, 15) is 4.79 Å². The molecule has 2 rings (SSSR count). The monoisotopic (exact) mass is 346 g/mol. The van der Waals surface area contributed by atoms with E-state index >= 15 is 0 Å². The zero-order valence-electron chi connectivity index (χ0n) is 12.7. The van der Waals surface area contributed by atoms with Gasteiger partial charge in [-0.15, -0.1) is 0 Å². The molecule has 2 aromatic carbocycles. The number of halogens is 2. The van der Waals surface area contributed by atoms with E-state index < -0.39 is 0 Å². The quantitative estimate of drug-likeness (QED) is 0.802. The molecule has 0 saturated heterocycles. The second kappa shape index (κ2) is 8.01. The number of hydrogen-bond acceptors (Lipinski definition) is 2. The van der Waals surface area contributed by atoms with Gasteiger partial charge in [0.05, 0.1) is 11.6 Å². The van der Waals surface area contributed by atoms with E-state index in [0.29, 0.717) is 35.0 Å². The van der Waals surface area contributed by atoms with Gasteiger partial charge < -0.3 is 4.90 Å². The molecule has 5 heteroatoms. The molecule has 0 atom stereocenters. The van der Waals surface area contributed by atoms with Crippen molar-refractivity contribution in [2.24, 2.45) is 0 Å². The number of carbonyl (C=O) groups is 1. The smallest absolute Gasteiger partial charge is 0.222 e. The molecule has 0 N–H and O–H groups in total. The van der Waals surface area contributed by atoms with Crippen molar-refractivity contribution in [1.29, 1.82) is 5.26 Å². The summed E-state index contributed by atoms with van der Waals surface area (Å²) in [6.07, 6.45) is 0.959. The first-order valence-corrected chi connectivity index (χ1v) is 7.92. The number of rotatable bonds is 5. The van der Waals surface area contributed by atoms with Gasteiger partial charge in [-0.1, -0.05) is 41.4 Å². The van der Waals surface area contributed by atoms with E-state index in [0.717, 1.165) is 11.1 Å². The Labute approximate surface area is 146 Å². The van der Waals surface area contributed by atoms with Crippen molar-refractivity contribution >= 4 is 29.1 Å². The topological polar surface area (TPSA) is 44.1 Å². The van der Waals surface area contributed by atoms with Gasteiger partial charge in [0.2, 0.25) is 5.91 Å². The number of hydrogen-bond donors (Lipinski definition) is 0. The highest BCUT2D eigenvalue weighted by Gasteiger charge is 2.11. The summed E-state index contributed by atoms with van der Waals surface area (Å²) in [4.78, 5) is 13.9. The fourth-order valence-electron chi connectivity index (χ4n) is 2.20. The Kier molecular flexibility index (Phi) is 6.04. The van der Waals surface area contributed by atoms with Crippen LogP contribution in [0.4, 0.5) is 0 Å². The maximum atomic E-state index is 12.2. The van der Waals surface area contributed by atoms with E-state index in [-0.39, 0.29) is 5.91 Å². The highest BCUT2D eigenvalue weighted by atomic mass is 35.5. The third-order valence-electron chi connectivity index (χ3n) is 3.55. The molecule has 118 valence electrons. The van der Waals surface area contributed by atoms with Gasteiger partial charge in [-0.3, -0.25) is 4.79 Å². The lowest BCUT2D eigenvalue weighted by atomic mass is 10.1. The Morgan fingerprint density at radius 3 is 2.48 bits per heavy atom. The van der Waals surface area contributed by atoms with E-state index in [1.807, 2.05) is 18.2 Å². The summed E-state index contributed by atoms with van der Waals surface area (Å²) in [5.74, 6) is 0.0420. The van der Waals surface area contributed by atoms with E-state index in [1.165, 1.54) is 0 Å². The van der Waals surface area contributed by atoms with Gasteiger partial charge in [0.15, 0.2) is 0 Å². The molecule has 0 aromatic heterocycles. The van der Waals surface area contributed by atoms with Crippen molar-refractivity contribution in [3.05, 3.63) is 69.2 Å². The van der Waals surface area contributed by atoms with Crippen LogP contribution in [0.2, 0.25) is 10.0 Å². The van der Waals surface area contributed by atoms with Crippen LogP contribution in [0, 0.1) is 11.3 Å². The minimum absolute atomic E-state index is 0.0420. The summed E-state index contributed by atoms with van der Waals surface area (Å²) < 4.78 is 0. The van der Waals surface area contributed by atoms with Crippen molar-refractivity contribution in [2.75, 3.05) is 7.05 Å². The first-order chi connectivity index (χ1) is 11.0. The van der Waals surface area contributed by atoms with E-state index in [2.05, 4.69) is 6.07 Å². The molecule has 0 aliphatic heterocycles. The minimum Gasteiger partial charge on any atom is -0.341 e. The zero-order valence-corrected chi connectivity index (χ0v) is 14.2. The molecule has 0 heterocycles. The molecule has 0 aliphatic rings. The van der Waals surface area contributed by atoms with Crippen LogP contribution < -0.4 is 0 Å². The lowest BCUT2D eigenvalue weighted by Crippen LogP contribution is -2.26. The molecule has 0 fully saturated rings. The van der Waals surface area contributed by atoms with Crippen molar-refractivity contribution in [3.63, 3.8) is 0 Å². The van der Waals surface area contributed by atoms with Gasteiger partial charge in [-0.2, -0.15) is 5.26 Å². The fraction of sp³-hybridized carbons (Fsp3) is 0.222. The zero-order chi connectivity index (χ0) is 16.8. The van der Waals surface area contributed by atoms with Crippen LogP contribution in [0.1, 0.15) is 23.1 Å². The SMILES string of the molecule is CN(Cc1ccc(C#N)cc1)C(=O)CCc1ccc(Cl)cc1Cl. The maximum Gasteiger partial charge on any atom is 0.222 e. The summed E-state index contributed by atoms with van der Waals surface area (Å²) in [6, 6.07) is 14.6. The Hall–Kier alpha value is -2.02. The number of benzene rings is 2. The standard InChI is InChI=1S/C18H16Cl2N2O/c1-22(12-14-4-2-13(11-21)3-5-14)18(23)9-7-15-6-8-16(19)10-17(15)20/h2-6,8,10H,7,9,12H2,1H3. The van der Waals surface area contributed by atoms with Crippen LogP contribution in [0.25, 0.3) is 0 Å². The highest BCUT2D eigenvalue weighted by Crippen LogP contribution is 2.22. The third-order valence-corrected chi connectivity index (χ3v) is 4.14. The van der Waals surface area contributed by atoms with Crippen LogP contribution in [-0.2, 0) is 17.8 Å². The first kappa shape index (κ1) is 17.3. The molecule has 0 unspecified atom stereocenters. The van der Waals surface area contributed by atoms with Crippen molar-refractivity contribution in [1.82, 2.24) is 4.90 Å². The number of nitrogens with zero attached hydrogens (tertiary/aromatic N) is 2. The van der Waals surface area contributed by atoms with E-state index in [4.69, 9.17) is 28.5 Å². The Morgan fingerprint density at radius 1 is 1.17 bits per heavy atom. The predicted octanol–water partition coefficient (Wildman–Crippen LogP) is 4.46. The Morgan fingerprint density at radius 2 is 1.87 bits per heavy atom. The molecule has 0 bridgehead atoms. The molecule has 0 aliphatic carbocycles. The Balaban J connectivity index is 1.90. The van der Waals surface area contributed by atoms with Gasteiger partial charge in [0.25, 0.3) is 0 Å². The van der Waals surface area contributed by atoms with Crippen LogP contribution in [0.15, 0.2) is 42.5 Å². The molecule has 2 aromatic rings. The van der Waals surface area contributed by atoms with Crippen molar-refractivity contribution in [3.8, 4) is 6.07 Å². The lowest BCUT2D eigenvalue weighted by Gasteiger charge is -2.17. The lowest BCUT2D eigenvalue weighted by molar-refractivity contribution is -0.130. The molecule has 3 nitrogen and oxygen atoms in total. The molecule has 0 spiro atoms. The summed E-state index contributed by atoms with van der Waals surface area (Å²) in [5, 5.41) is 9.95. The van der Waals surface area contributed by atoms with Crippen molar-refractivity contribution in [2.45, 2.75) is 19.4 Å². The average Bonchev–Trinajstić information content (AvgIpc) is 2.54. The first-order valence-electron chi connectivity index (χ1n) is 7.16. The average molecular weight is 347 g/mol. The fourth-order valence-corrected chi connectivity index (χ4v) is 2.71. The van der Waals surface area contributed by atoms with Crippen molar-refractivity contribution < 1.29 is 4.79 Å². The summed E-state index contributed by atoms with van der Waals surface area (Å²) in [7, 11) is 1.77. The second-order valence-corrected chi connectivity index (χ2v) is 6.14. The molecular formula is C18H16Cl2N2O. The summed E-state index contributed by atoms with van der Waals surface area (Å²) in [6.45, 7) is 0.513. The van der Waals surface area contributed by atoms with Crippen LogP contribution in [0.3, 0.4) is 0 Å². The molecule has 23 heavy (non-hydrogen) atoms. The second-order valence-electron chi connectivity index (χ2n) is 5.29. The van der Waals surface area contributed by atoms with Gasteiger partial charge in [-0.05, 0) is 41.8 Å². The summed E-state index contributed by atoms with van der Waals surface area (Å²) in [5.41, 5.74) is 2.51. The number of amides is 1. The summed E-state index contributed by atoms with van der Waals surface area (Å²) >= 11 is 12.0. The number of aryl methyl sites for hydroxylation is 1. The van der Waals surface area contributed by atoms with Gasteiger partial charge in [0, 0.05) is 30.1 Å². The Bertz CT molecular complexity index is 736. The normalized spacial score (nSPS) is 10.2. The highest BCUT2D eigenvalue weighted by molar-refractivity contribution is 6.35. The predicted molar refractivity (Wildman–Crippen MR) is 92.4 cm³/mol. The van der Waals surface area contributed by atoms with Crippen LogP contribution in [0.5, 0.6) is 0 Å². The number of carbonyl (C=O) groups excluding carboxylic acids is 1. The third kappa shape index (κ3) is 4.99.